The van der Waals surface area contributed by atoms with Crippen molar-refractivity contribution < 1.29 is 5.11 Å². The second-order valence-corrected chi connectivity index (χ2v) is 8.78. The molecule has 1 aromatic carbocycles. The largest absolute Gasteiger partial charge is 0.388 e. The molecule has 4 rings (SSSR count). The van der Waals surface area contributed by atoms with Crippen LogP contribution in [0.2, 0.25) is 0 Å². The number of rotatable bonds is 6. The number of aliphatic hydroxyl groups is 1. The smallest absolute Gasteiger partial charge is 0.263 e. The maximum Gasteiger partial charge on any atom is 0.263 e. The quantitative estimate of drug-likeness (QED) is 0.657. The molecule has 1 fully saturated rings. The molecule has 30 heavy (non-hydrogen) atoms. The lowest BCUT2D eigenvalue weighted by Gasteiger charge is -2.37. The summed E-state index contributed by atoms with van der Waals surface area (Å²) in [5.74, 6) is 0. The Balaban J connectivity index is 1.68. The molecule has 0 spiro atoms. The molecule has 6 nitrogen and oxygen atoms in total. The lowest BCUT2D eigenvalue weighted by Crippen LogP contribution is -2.51. The van der Waals surface area contributed by atoms with Crippen LogP contribution in [-0.4, -0.2) is 37.4 Å². The minimum absolute atomic E-state index is 0.0635. The van der Waals surface area contributed by atoms with Crippen LogP contribution in [0.15, 0.2) is 41.5 Å². The molecule has 2 N–H and O–H groups in total. The van der Waals surface area contributed by atoms with E-state index >= 15 is 0 Å². The number of piperidine rings is 1. The average Bonchev–Trinajstić information content (AvgIpc) is 2.96. The average molecular weight is 409 g/mol. The molecule has 1 aliphatic rings. The fourth-order valence-corrected chi connectivity index (χ4v) is 4.78. The van der Waals surface area contributed by atoms with E-state index in [1.807, 2.05) is 32.0 Å². The van der Waals surface area contributed by atoms with E-state index in [-0.39, 0.29) is 5.56 Å². The first-order valence-electron chi connectivity index (χ1n) is 11.0. The highest BCUT2D eigenvalue weighted by atomic mass is 16.3. The van der Waals surface area contributed by atoms with E-state index in [0.29, 0.717) is 37.4 Å². The molecule has 0 aliphatic carbocycles. The van der Waals surface area contributed by atoms with Crippen LogP contribution in [0.4, 0.5) is 0 Å². The van der Waals surface area contributed by atoms with Gasteiger partial charge >= 0.3 is 0 Å². The Morgan fingerprint density at radius 2 is 2.03 bits per heavy atom. The van der Waals surface area contributed by atoms with E-state index in [9.17, 15) is 9.90 Å². The number of aromatic nitrogens is 3. The minimum atomic E-state index is -0.875. The molecule has 0 amide bonds. The molecule has 0 radical (unpaired) electrons. The van der Waals surface area contributed by atoms with Gasteiger partial charge in [-0.25, -0.2) is 4.98 Å². The van der Waals surface area contributed by atoms with Crippen molar-refractivity contribution in [3.63, 3.8) is 0 Å². The second-order valence-electron chi connectivity index (χ2n) is 8.78. The number of aryl methyl sites for hydroxylation is 1. The number of nitrogens with zero attached hydrogens (tertiary/aromatic N) is 3. The van der Waals surface area contributed by atoms with Crippen LogP contribution < -0.4 is 10.9 Å². The summed E-state index contributed by atoms with van der Waals surface area (Å²) in [5.41, 5.74) is 2.98. The summed E-state index contributed by atoms with van der Waals surface area (Å²) in [4.78, 5) is 18.0. The minimum Gasteiger partial charge on any atom is -0.388 e. The maximum absolute atomic E-state index is 13.4. The molecule has 0 bridgehead atoms. The van der Waals surface area contributed by atoms with Gasteiger partial charge in [0.2, 0.25) is 0 Å². The highest BCUT2D eigenvalue weighted by Crippen LogP contribution is 2.26. The monoisotopic (exact) mass is 408 g/mol. The van der Waals surface area contributed by atoms with Crippen LogP contribution in [0, 0.1) is 13.8 Å². The van der Waals surface area contributed by atoms with Crippen LogP contribution >= 0.6 is 0 Å². The van der Waals surface area contributed by atoms with Crippen molar-refractivity contribution in [2.75, 3.05) is 6.54 Å². The van der Waals surface area contributed by atoms with Gasteiger partial charge in [0.15, 0.2) is 0 Å². The summed E-state index contributed by atoms with van der Waals surface area (Å²) < 4.78 is 3.72. The highest BCUT2D eigenvalue weighted by molar-refractivity contribution is 5.81. The van der Waals surface area contributed by atoms with Gasteiger partial charge in [0.05, 0.1) is 17.5 Å². The zero-order valence-electron chi connectivity index (χ0n) is 18.2. The molecule has 2 atom stereocenters. The van der Waals surface area contributed by atoms with Gasteiger partial charge in [0.1, 0.15) is 12.0 Å². The summed E-state index contributed by atoms with van der Waals surface area (Å²) in [6.45, 7) is 7.93. The lowest BCUT2D eigenvalue weighted by molar-refractivity contribution is -0.0208. The summed E-state index contributed by atoms with van der Waals surface area (Å²) in [7, 11) is 0. The molecular formula is C24H32N4O2. The zero-order chi connectivity index (χ0) is 21.3. The third-order valence-corrected chi connectivity index (χ3v) is 6.53. The van der Waals surface area contributed by atoms with Gasteiger partial charge in [-0.3, -0.25) is 9.36 Å². The van der Waals surface area contributed by atoms with E-state index in [0.717, 1.165) is 36.3 Å². The molecule has 1 aliphatic heterocycles. The standard InChI is InChI=1S/C24H32N4O2/c1-4-8-20-13-24(30,11-12-25-20)15-27-16-26-22-21(23(27)29)17(2)18(3)28(22)14-19-9-6-5-7-10-19/h5-7,9-10,16,20,25,30H,4,8,11-15H2,1-3H3. The van der Waals surface area contributed by atoms with Gasteiger partial charge in [-0.05, 0) is 50.8 Å². The van der Waals surface area contributed by atoms with Gasteiger partial charge in [-0.15, -0.1) is 0 Å². The number of nitrogens with one attached hydrogen (secondary N) is 1. The van der Waals surface area contributed by atoms with Crippen molar-refractivity contribution in [3.8, 4) is 0 Å². The number of hydrogen-bond donors (Lipinski definition) is 2. The van der Waals surface area contributed by atoms with Crippen LogP contribution in [0.25, 0.3) is 11.0 Å². The van der Waals surface area contributed by atoms with Crippen molar-refractivity contribution >= 4 is 11.0 Å². The van der Waals surface area contributed by atoms with Crippen molar-refractivity contribution in [1.82, 2.24) is 19.4 Å². The summed E-state index contributed by atoms with van der Waals surface area (Å²) in [5, 5.41) is 15.4. The predicted octanol–water partition coefficient (Wildman–Crippen LogP) is 3.15. The van der Waals surface area contributed by atoms with Gasteiger partial charge in [0, 0.05) is 18.3 Å². The van der Waals surface area contributed by atoms with Gasteiger partial charge in [0.25, 0.3) is 5.56 Å². The van der Waals surface area contributed by atoms with E-state index in [2.05, 4.69) is 33.9 Å². The van der Waals surface area contributed by atoms with Gasteiger partial charge in [-0.1, -0.05) is 43.7 Å². The number of fused-ring (bicyclic) bond motifs is 1. The third kappa shape index (κ3) is 3.94. The van der Waals surface area contributed by atoms with E-state index in [4.69, 9.17) is 0 Å². The highest BCUT2D eigenvalue weighted by Gasteiger charge is 2.34. The molecule has 2 aromatic heterocycles. The Hall–Kier alpha value is -2.44. The van der Waals surface area contributed by atoms with E-state index in [1.54, 1.807) is 10.9 Å². The van der Waals surface area contributed by atoms with Crippen molar-refractivity contribution in [3.05, 3.63) is 63.8 Å². The summed E-state index contributed by atoms with van der Waals surface area (Å²) >= 11 is 0. The molecule has 6 heteroatoms. The Morgan fingerprint density at radius 1 is 1.27 bits per heavy atom. The Morgan fingerprint density at radius 3 is 2.77 bits per heavy atom. The summed E-state index contributed by atoms with van der Waals surface area (Å²) in [6, 6.07) is 10.5. The second kappa shape index (κ2) is 8.36. The van der Waals surface area contributed by atoms with Gasteiger partial charge in [-0.2, -0.15) is 0 Å². The van der Waals surface area contributed by atoms with Gasteiger partial charge < -0.3 is 15.0 Å². The Bertz CT molecular complexity index is 1080. The predicted molar refractivity (Wildman–Crippen MR) is 120 cm³/mol. The SMILES string of the molecule is CCCC1CC(O)(Cn2cnc3c(c(C)c(C)n3Cc3ccccc3)c2=O)CCN1. The van der Waals surface area contributed by atoms with E-state index in [1.165, 1.54) is 5.56 Å². The first kappa shape index (κ1) is 20.8. The first-order chi connectivity index (χ1) is 14.4. The Labute approximate surface area is 177 Å². The number of benzene rings is 1. The molecule has 160 valence electrons. The maximum atomic E-state index is 13.4. The third-order valence-electron chi connectivity index (χ3n) is 6.53. The van der Waals surface area contributed by atoms with E-state index < -0.39 is 5.60 Å². The molecule has 1 saturated heterocycles. The zero-order valence-corrected chi connectivity index (χ0v) is 18.2. The molecule has 0 saturated carbocycles. The lowest BCUT2D eigenvalue weighted by atomic mass is 9.86. The molecule has 2 unspecified atom stereocenters. The normalized spacial score (nSPS) is 21.9. The van der Waals surface area contributed by atoms with Crippen LogP contribution in [-0.2, 0) is 13.1 Å². The topological polar surface area (TPSA) is 72.1 Å². The molecular weight excluding hydrogens is 376 g/mol. The van der Waals surface area contributed by atoms with Crippen molar-refractivity contribution in [2.24, 2.45) is 0 Å². The molecule has 3 heterocycles. The summed E-state index contributed by atoms with van der Waals surface area (Å²) in [6.07, 6.45) is 5.03. The van der Waals surface area contributed by atoms with Crippen LogP contribution in [0.5, 0.6) is 0 Å². The fourth-order valence-electron chi connectivity index (χ4n) is 4.78. The van der Waals surface area contributed by atoms with Crippen LogP contribution in [0.1, 0.15) is 49.4 Å². The Kier molecular flexibility index (Phi) is 5.80. The molecule has 3 aromatic rings. The first-order valence-corrected chi connectivity index (χ1v) is 11.0. The fraction of sp³-hybridized carbons (Fsp3) is 0.500. The van der Waals surface area contributed by atoms with Crippen LogP contribution in [0.3, 0.4) is 0 Å². The van der Waals surface area contributed by atoms with Crippen molar-refractivity contribution in [1.29, 1.82) is 0 Å². The van der Waals surface area contributed by atoms with Crippen molar-refractivity contribution in [2.45, 2.75) is 71.2 Å². The number of hydrogen-bond acceptors (Lipinski definition) is 4.